The second-order valence-corrected chi connectivity index (χ2v) is 6.71. The van der Waals surface area contributed by atoms with Crippen LogP contribution in [-0.4, -0.2) is 37.0 Å². The van der Waals surface area contributed by atoms with Crippen LogP contribution in [0.3, 0.4) is 0 Å². The maximum absolute atomic E-state index is 13.7. The van der Waals surface area contributed by atoms with Crippen LogP contribution >= 0.6 is 0 Å². The molecule has 1 aromatic carbocycles. The summed E-state index contributed by atoms with van der Waals surface area (Å²) in [6.07, 6.45) is 2.61. The fourth-order valence-electron chi connectivity index (χ4n) is 2.20. The molecule has 112 valence electrons. The second kappa shape index (κ2) is 6.15. The molecule has 0 aromatic heterocycles. The van der Waals surface area contributed by atoms with Crippen LogP contribution in [0.25, 0.3) is 0 Å². The summed E-state index contributed by atoms with van der Waals surface area (Å²) in [7, 11) is -4.08. The van der Waals surface area contributed by atoms with Crippen molar-refractivity contribution in [2.24, 2.45) is 0 Å². The Morgan fingerprint density at radius 1 is 1.30 bits per heavy atom. The molecule has 1 aliphatic carbocycles. The van der Waals surface area contributed by atoms with E-state index in [1.165, 1.54) is 4.31 Å². The van der Waals surface area contributed by atoms with Crippen molar-refractivity contribution < 1.29 is 22.3 Å². The Kier molecular flexibility index (Phi) is 4.72. The third-order valence-corrected chi connectivity index (χ3v) is 5.47. The average Bonchev–Trinajstić information content (AvgIpc) is 2.34. The average molecular weight is 305 g/mol. The highest BCUT2D eigenvalue weighted by atomic mass is 32.2. The van der Waals surface area contributed by atoms with E-state index in [1.54, 1.807) is 0 Å². The van der Waals surface area contributed by atoms with E-state index in [4.69, 9.17) is 5.11 Å². The topological polar surface area (TPSA) is 57.6 Å². The van der Waals surface area contributed by atoms with Gasteiger partial charge < -0.3 is 5.11 Å². The molecule has 1 aliphatic rings. The first-order valence-corrected chi connectivity index (χ1v) is 7.98. The van der Waals surface area contributed by atoms with E-state index in [1.807, 2.05) is 0 Å². The van der Waals surface area contributed by atoms with Crippen LogP contribution in [0, 0.1) is 11.6 Å². The number of halogens is 2. The Morgan fingerprint density at radius 2 is 2.00 bits per heavy atom. The number of nitrogens with zero attached hydrogens (tertiary/aromatic N) is 1. The maximum atomic E-state index is 13.7. The molecule has 0 saturated heterocycles. The van der Waals surface area contributed by atoms with Crippen LogP contribution in [-0.2, 0) is 10.0 Å². The lowest BCUT2D eigenvalue weighted by Crippen LogP contribution is -2.45. The first-order valence-electron chi connectivity index (χ1n) is 6.54. The first-order chi connectivity index (χ1) is 9.46. The molecule has 0 bridgehead atoms. The SMILES string of the molecule is O=S(=O)(c1cc(F)ccc1F)N(CCCO)C1CCC1. The van der Waals surface area contributed by atoms with Crippen molar-refractivity contribution in [3.63, 3.8) is 0 Å². The van der Waals surface area contributed by atoms with Crippen molar-refractivity contribution in [1.29, 1.82) is 0 Å². The van der Waals surface area contributed by atoms with E-state index in [0.29, 0.717) is 18.9 Å². The van der Waals surface area contributed by atoms with Crippen LogP contribution in [0.5, 0.6) is 0 Å². The first kappa shape index (κ1) is 15.3. The predicted molar refractivity (Wildman–Crippen MR) is 69.6 cm³/mol. The van der Waals surface area contributed by atoms with Gasteiger partial charge in [-0.25, -0.2) is 17.2 Å². The van der Waals surface area contributed by atoms with Gasteiger partial charge in [0.15, 0.2) is 0 Å². The number of benzene rings is 1. The summed E-state index contributed by atoms with van der Waals surface area (Å²) < 4.78 is 53.1. The molecule has 0 radical (unpaired) electrons. The molecular weight excluding hydrogens is 288 g/mol. The number of aliphatic hydroxyl groups is 1. The van der Waals surface area contributed by atoms with E-state index in [0.717, 1.165) is 18.6 Å². The van der Waals surface area contributed by atoms with Gasteiger partial charge in [0.05, 0.1) is 0 Å². The molecule has 0 aliphatic heterocycles. The molecule has 1 saturated carbocycles. The maximum Gasteiger partial charge on any atom is 0.246 e. The molecular formula is C13H17F2NO3S. The Bertz CT molecular complexity index is 573. The summed E-state index contributed by atoms with van der Waals surface area (Å²) in [5, 5.41) is 8.87. The summed E-state index contributed by atoms with van der Waals surface area (Å²) >= 11 is 0. The van der Waals surface area contributed by atoms with Gasteiger partial charge in [0.1, 0.15) is 16.5 Å². The third-order valence-electron chi connectivity index (χ3n) is 3.50. The van der Waals surface area contributed by atoms with E-state index in [-0.39, 0.29) is 25.6 Å². The summed E-state index contributed by atoms with van der Waals surface area (Å²) in [4.78, 5) is -0.637. The zero-order valence-electron chi connectivity index (χ0n) is 10.9. The van der Waals surface area contributed by atoms with Crippen LogP contribution in [0.2, 0.25) is 0 Å². The number of hydrogen-bond acceptors (Lipinski definition) is 3. The van der Waals surface area contributed by atoms with Crippen LogP contribution in [0.1, 0.15) is 25.7 Å². The van der Waals surface area contributed by atoms with E-state index < -0.39 is 26.6 Å². The molecule has 20 heavy (non-hydrogen) atoms. The summed E-state index contributed by atoms with van der Waals surface area (Å²) in [6.45, 7) is -0.0379. The van der Waals surface area contributed by atoms with Crippen LogP contribution in [0.4, 0.5) is 8.78 Å². The van der Waals surface area contributed by atoms with Crippen molar-refractivity contribution in [3.8, 4) is 0 Å². The minimum atomic E-state index is -4.08. The van der Waals surface area contributed by atoms with Gasteiger partial charge >= 0.3 is 0 Å². The zero-order chi connectivity index (χ0) is 14.8. The van der Waals surface area contributed by atoms with E-state index >= 15 is 0 Å². The highest BCUT2D eigenvalue weighted by Crippen LogP contribution is 2.31. The van der Waals surface area contributed by atoms with Gasteiger partial charge in [-0.3, -0.25) is 0 Å². The number of rotatable bonds is 6. The van der Waals surface area contributed by atoms with Crippen molar-refractivity contribution in [2.75, 3.05) is 13.2 Å². The van der Waals surface area contributed by atoms with Crippen LogP contribution < -0.4 is 0 Å². The molecule has 0 heterocycles. The second-order valence-electron chi connectivity index (χ2n) is 4.85. The van der Waals surface area contributed by atoms with E-state index in [2.05, 4.69) is 0 Å². The lowest BCUT2D eigenvalue weighted by atomic mass is 9.93. The standard InChI is InChI=1S/C13H17F2NO3S/c14-10-5-6-12(15)13(9-10)20(18,19)16(7-2-8-17)11-3-1-4-11/h5-6,9,11,17H,1-4,7-8H2. The van der Waals surface area contributed by atoms with Gasteiger partial charge in [0, 0.05) is 19.2 Å². The van der Waals surface area contributed by atoms with Gasteiger partial charge in [-0.05, 0) is 37.5 Å². The van der Waals surface area contributed by atoms with Gasteiger partial charge in [0.25, 0.3) is 0 Å². The lowest BCUT2D eigenvalue weighted by molar-refractivity contribution is 0.198. The van der Waals surface area contributed by atoms with E-state index in [9.17, 15) is 17.2 Å². The molecule has 1 aromatic rings. The number of hydrogen-bond donors (Lipinski definition) is 1. The monoisotopic (exact) mass is 305 g/mol. The fraction of sp³-hybridized carbons (Fsp3) is 0.538. The minimum Gasteiger partial charge on any atom is -0.396 e. The normalized spacial score (nSPS) is 16.4. The fourth-order valence-corrected chi connectivity index (χ4v) is 4.00. The van der Waals surface area contributed by atoms with Crippen molar-refractivity contribution in [2.45, 2.75) is 36.6 Å². The smallest absolute Gasteiger partial charge is 0.246 e. The van der Waals surface area contributed by atoms with Gasteiger partial charge in [-0.1, -0.05) is 6.42 Å². The summed E-state index contributed by atoms with van der Waals surface area (Å²) in [5.74, 6) is -1.75. The molecule has 1 N–H and O–H groups in total. The molecule has 2 rings (SSSR count). The van der Waals surface area contributed by atoms with Gasteiger partial charge in [-0.2, -0.15) is 4.31 Å². The summed E-state index contributed by atoms with van der Waals surface area (Å²) in [5.41, 5.74) is 0. The Labute approximate surface area is 117 Å². The van der Waals surface area contributed by atoms with Gasteiger partial charge in [-0.15, -0.1) is 0 Å². The highest BCUT2D eigenvalue weighted by molar-refractivity contribution is 7.89. The summed E-state index contributed by atoms with van der Waals surface area (Å²) in [6, 6.07) is 2.22. The Hall–Kier alpha value is -1.05. The van der Waals surface area contributed by atoms with Crippen molar-refractivity contribution >= 4 is 10.0 Å². The van der Waals surface area contributed by atoms with Gasteiger partial charge in [0.2, 0.25) is 10.0 Å². The van der Waals surface area contributed by atoms with Crippen LogP contribution in [0.15, 0.2) is 23.1 Å². The molecule has 7 heteroatoms. The molecule has 0 amide bonds. The zero-order valence-corrected chi connectivity index (χ0v) is 11.7. The quantitative estimate of drug-likeness (QED) is 0.873. The molecule has 1 fully saturated rings. The predicted octanol–water partition coefficient (Wildman–Crippen LogP) is 1.89. The van der Waals surface area contributed by atoms with Crippen molar-refractivity contribution in [3.05, 3.63) is 29.8 Å². The molecule has 0 unspecified atom stereocenters. The number of aliphatic hydroxyl groups excluding tert-OH is 1. The Balaban J connectivity index is 2.36. The molecule has 0 atom stereocenters. The third kappa shape index (κ3) is 2.99. The van der Waals surface area contributed by atoms with Crippen molar-refractivity contribution in [1.82, 2.24) is 4.31 Å². The lowest BCUT2D eigenvalue weighted by Gasteiger charge is -2.36. The highest BCUT2D eigenvalue weighted by Gasteiger charge is 2.36. The largest absolute Gasteiger partial charge is 0.396 e. The minimum absolute atomic E-state index is 0.111. The Morgan fingerprint density at radius 3 is 2.55 bits per heavy atom. The number of sulfonamides is 1. The molecule has 0 spiro atoms. The molecule has 4 nitrogen and oxygen atoms in total.